The second kappa shape index (κ2) is 8.57. The van der Waals surface area contributed by atoms with Gasteiger partial charge in [0.05, 0.1) is 0 Å². The van der Waals surface area contributed by atoms with Gasteiger partial charge in [-0.15, -0.1) is 0 Å². The van der Waals surface area contributed by atoms with E-state index in [1.54, 1.807) is 0 Å². The van der Waals surface area contributed by atoms with Gasteiger partial charge in [0, 0.05) is 22.1 Å². The third-order valence-electron chi connectivity index (χ3n) is 0. The molecule has 1 radical (unpaired) electrons. The van der Waals surface area contributed by atoms with Gasteiger partial charge in [0.2, 0.25) is 0 Å². The van der Waals surface area contributed by atoms with Crippen LogP contribution in [0.2, 0.25) is 0 Å². The van der Waals surface area contributed by atoms with E-state index in [4.69, 9.17) is 19.2 Å². The summed E-state index contributed by atoms with van der Waals surface area (Å²) in [7, 11) is -4.64. The third kappa shape index (κ3) is 132. The Bertz CT molecular complexity index is 62.2. The summed E-state index contributed by atoms with van der Waals surface area (Å²) < 4.78 is 8.88. The molecule has 0 aromatic heterocycles. The molecule has 0 heterocycles. The van der Waals surface area contributed by atoms with Crippen molar-refractivity contribution in [1.82, 2.24) is 0 Å². The van der Waals surface area contributed by atoms with Crippen molar-refractivity contribution >= 4 is 37.4 Å². The Morgan fingerprint density at radius 3 is 1.12 bits per heavy atom. The molecule has 0 bridgehead atoms. The fraction of sp³-hybridized carbons (Fsp3) is 0. The van der Waals surface area contributed by atoms with Gasteiger partial charge in [-0.05, 0) is 0 Å². The van der Waals surface area contributed by atoms with Gasteiger partial charge in [0.1, 0.15) is 0 Å². The van der Waals surface area contributed by atoms with Crippen molar-refractivity contribution in [2.45, 2.75) is 0 Å². The van der Waals surface area contributed by atoms with Gasteiger partial charge in [0.15, 0.2) is 0 Å². The standard InChI is InChI=1S/Cr.F.Na.H3O4P.H/c;;;1-5(2,3)4;/h;;;(H3,1,2,3,4);. The second-order valence-electron chi connectivity index (χ2n) is 0.513. The van der Waals surface area contributed by atoms with E-state index < -0.39 is 7.82 Å². The van der Waals surface area contributed by atoms with Crippen molar-refractivity contribution < 1.29 is 41.3 Å². The van der Waals surface area contributed by atoms with Gasteiger partial charge in [0.25, 0.3) is 0 Å². The predicted molar refractivity (Wildman–Crippen MR) is 22.5 cm³/mol. The first-order chi connectivity index (χ1) is 2.00. The zero-order chi connectivity index (χ0) is 4.50. The molecule has 0 aromatic carbocycles. The molecule has 8 heteroatoms. The van der Waals surface area contributed by atoms with Crippen LogP contribution < -0.4 is 0 Å². The Labute approximate surface area is 78.3 Å². The molecule has 4 nitrogen and oxygen atoms in total. The van der Waals surface area contributed by atoms with Crippen LogP contribution in [0, 0.1) is 0 Å². The first-order valence-corrected chi connectivity index (χ1v) is 2.35. The zero-order valence-electron chi connectivity index (χ0n) is 2.98. The summed E-state index contributed by atoms with van der Waals surface area (Å²) in [6.07, 6.45) is 0. The van der Waals surface area contributed by atoms with E-state index >= 15 is 0 Å². The minimum atomic E-state index is -4.64. The van der Waals surface area contributed by atoms with Gasteiger partial charge in [-0.25, -0.2) is 4.57 Å². The number of halogens is 1. The fourth-order valence-electron chi connectivity index (χ4n) is 0. The minimum absolute atomic E-state index is 0. The summed E-state index contributed by atoms with van der Waals surface area (Å²) in [6, 6.07) is 0. The molecule has 0 amide bonds. The van der Waals surface area contributed by atoms with Crippen LogP contribution in [0.25, 0.3) is 0 Å². The molecule has 47 valence electrons. The van der Waals surface area contributed by atoms with E-state index in [1.807, 2.05) is 0 Å². The molecule has 0 aromatic rings. The van der Waals surface area contributed by atoms with Crippen LogP contribution in [0.4, 0.5) is 4.70 Å². The van der Waals surface area contributed by atoms with Crippen LogP contribution in [-0.4, -0.2) is 44.2 Å². The molecular weight excluding hydrogens is 189 g/mol. The first kappa shape index (κ1) is 22.7. The van der Waals surface area contributed by atoms with Crippen LogP contribution >= 0.6 is 7.82 Å². The van der Waals surface area contributed by atoms with Gasteiger partial charge < -0.3 is 14.7 Å². The molecule has 0 unspecified atom stereocenters. The molecule has 3 N–H and O–H groups in total. The molecule has 0 spiro atoms. The van der Waals surface area contributed by atoms with Crippen molar-refractivity contribution in [2.24, 2.45) is 0 Å². The van der Waals surface area contributed by atoms with E-state index in [2.05, 4.69) is 0 Å². The normalized spacial score (nSPS) is 7.38. The topological polar surface area (TPSA) is 77.8 Å². The second-order valence-corrected chi connectivity index (χ2v) is 1.54. The van der Waals surface area contributed by atoms with Crippen LogP contribution in [0.1, 0.15) is 0 Å². The summed E-state index contributed by atoms with van der Waals surface area (Å²) in [5, 5.41) is 0. The molecule has 0 saturated carbocycles. The Morgan fingerprint density at radius 2 is 1.12 bits per heavy atom. The molecule has 0 rings (SSSR count). The molecule has 0 fully saturated rings. The maximum absolute atomic E-state index is 8.88. The molecule has 0 aliphatic rings. The van der Waals surface area contributed by atoms with Crippen LogP contribution in [0.3, 0.4) is 0 Å². The molecule has 0 saturated heterocycles. The summed E-state index contributed by atoms with van der Waals surface area (Å²) in [4.78, 5) is 21.6. The summed E-state index contributed by atoms with van der Waals surface area (Å²) in [6.45, 7) is 0. The van der Waals surface area contributed by atoms with E-state index in [9.17, 15) is 0 Å². The van der Waals surface area contributed by atoms with Crippen LogP contribution in [0.15, 0.2) is 0 Å². The third-order valence-corrected chi connectivity index (χ3v) is 0. The molecule has 0 aliphatic heterocycles. The van der Waals surface area contributed by atoms with E-state index in [0.29, 0.717) is 0 Å². The number of hydrogen-bond donors (Lipinski definition) is 3. The monoisotopic (exact) mass is 193 g/mol. The number of rotatable bonds is 0. The predicted octanol–water partition coefficient (Wildman–Crippen LogP) is -1.16. The van der Waals surface area contributed by atoms with Crippen molar-refractivity contribution in [3.63, 3.8) is 0 Å². The zero-order valence-corrected chi connectivity index (χ0v) is 5.15. The van der Waals surface area contributed by atoms with Crippen LogP contribution in [-0.2, 0) is 21.9 Å². The average Bonchev–Trinajstić information content (AvgIpc) is 0.722. The van der Waals surface area contributed by atoms with Gasteiger partial charge in [-0.2, -0.15) is 0 Å². The van der Waals surface area contributed by atoms with Crippen molar-refractivity contribution in [2.75, 3.05) is 0 Å². The Kier molecular flexibility index (Phi) is 24.3. The Balaban J connectivity index is -0.0000000267. The van der Waals surface area contributed by atoms with Crippen molar-refractivity contribution in [3.05, 3.63) is 0 Å². The van der Waals surface area contributed by atoms with Crippen molar-refractivity contribution in [3.8, 4) is 0 Å². The van der Waals surface area contributed by atoms with Gasteiger partial charge in [-0.3, -0.25) is 0 Å². The SMILES string of the molecule is O=P(O)(O)O.[Cr].[F].[NaH]. The van der Waals surface area contributed by atoms with Gasteiger partial charge in [-0.1, -0.05) is 0 Å². The summed E-state index contributed by atoms with van der Waals surface area (Å²) >= 11 is 0. The first-order valence-electron chi connectivity index (χ1n) is 0.783. The van der Waals surface area contributed by atoms with E-state index in [-0.39, 0.29) is 51.6 Å². The van der Waals surface area contributed by atoms with E-state index in [1.165, 1.54) is 0 Å². The maximum atomic E-state index is 8.88. The van der Waals surface area contributed by atoms with Crippen molar-refractivity contribution in [1.29, 1.82) is 0 Å². The molecule has 0 aliphatic carbocycles. The summed E-state index contributed by atoms with van der Waals surface area (Å²) in [5.74, 6) is 0. The molecule has 0 atom stereocenters. The molecular formula is H4CrFNaO4P. The Hall–Kier alpha value is 1.57. The number of phosphoric acid groups is 1. The quantitative estimate of drug-likeness (QED) is 0.335. The summed E-state index contributed by atoms with van der Waals surface area (Å²) in [5.41, 5.74) is 0. The van der Waals surface area contributed by atoms with E-state index in [0.717, 1.165) is 0 Å². The Morgan fingerprint density at radius 1 is 1.12 bits per heavy atom. The van der Waals surface area contributed by atoms with Gasteiger partial charge >= 0.3 is 37.4 Å². The van der Waals surface area contributed by atoms with Crippen LogP contribution in [0.5, 0.6) is 0 Å². The molecule has 8 heavy (non-hydrogen) atoms. The fourth-order valence-corrected chi connectivity index (χ4v) is 0. The number of hydrogen-bond acceptors (Lipinski definition) is 1. The average molecular weight is 193 g/mol.